The number of imide groups is 1. The van der Waals surface area contributed by atoms with Crippen molar-refractivity contribution in [1.82, 2.24) is 9.88 Å². The molecule has 172 valence electrons. The highest BCUT2D eigenvalue weighted by molar-refractivity contribution is 8.00. The van der Waals surface area contributed by atoms with E-state index in [2.05, 4.69) is 4.98 Å². The summed E-state index contributed by atoms with van der Waals surface area (Å²) in [6.45, 7) is 1.39. The minimum atomic E-state index is -1.17. The zero-order chi connectivity index (χ0) is 23.2. The molecule has 0 spiro atoms. The first-order chi connectivity index (χ1) is 15.8. The van der Waals surface area contributed by atoms with Crippen molar-refractivity contribution < 1.29 is 24.2 Å². The van der Waals surface area contributed by atoms with Crippen molar-refractivity contribution in [2.45, 2.75) is 35.6 Å². The third kappa shape index (κ3) is 2.76. The first-order valence-corrected chi connectivity index (χ1v) is 12.6. The molecule has 0 radical (unpaired) electrons. The Morgan fingerprint density at radius 3 is 2.45 bits per heavy atom. The number of likely N-dealkylation sites (tertiary alicyclic amines) is 1. The molecule has 2 amide bonds. The number of fused-ring (bicyclic) bond motifs is 9. The Kier molecular flexibility index (Phi) is 4.58. The average Bonchev–Trinajstić information content (AvgIpc) is 3.52. The Labute approximate surface area is 197 Å². The van der Waals surface area contributed by atoms with Gasteiger partial charge in [-0.3, -0.25) is 19.3 Å². The maximum absolute atomic E-state index is 13.3. The number of H-pyrrole nitrogens is 1. The van der Waals surface area contributed by atoms with Gasteiger partial charge in [-0.1, -0.05) is 23.5 Å². The first-order valence-electron chi connectivity index (χ1n) is 10.9. The minimum absolute atomic E-state index is 0.0188. The molecule has 8 nitrogen and oxygen atoms in total. The van der Waals surface area contributed by atoms with Crippen LogP contribution in [-0.2, 0) is 14.4 Å². The van der Waals surface area contributed by atoms with Gasteiger partial charge in [0.25, 0.3) is 0 Å². The maximum atomic E-state index is 13.3. The number of aromatic amines is 1. The van der Waals surface area contributed by atoms with Gasteiger partial charge in [-0.2, -0.15) is 0 Å². The van der Waals surface area contributed by atoms with Crippen LogP contribution in [0.4, 0.5) is 0 Å². The summed E-state index contributed by atoms with van der Waals surface area (Å²) in [7, 11) is 1.61. The Bertz CT molecular complexity index is 1240. The molecule has 8 atom stereocenters. The number of hydrogen-bond donors (Lipinski definition) is 2. The van der Waals surface area contributed by atoms with Crippen LogP contribution in [0.3, 0.4) is 0 Å². The van der Waals surface area contributed by atoms with E-state index < -0.39 is 23.8 Å². The summed E-state index contributed by atoms with van der Waals surface area (Å²) in [5.41, 5.74) is 1.05. The number of hydrogen-bond acceptors (Lipinski definition) is 7. The number of rotatable bonds is 4. The number of nitrogens with zero attached hydrogens (tertiary/aromatic N) is 1. The summed E-state index contributed by atoms with van der Waals surface area (Å²) in [6, 6.07) is 6.65. The largest absolute Gasteiger partial charge is 0.497 e. The second kappa shape index (κ2) is 7.20. The van der Waals surface area contributed by atoms with Gasteiger partial charge in [0.2, 0.25) is 11.8 Å². The molecule has 1 aromatic carbocycles. The number of benzene rings is 1. The van der Waals surface area contributed by atoms with Crippen LogP contribution >= 0.6 is 23.1 Å². The molecular formula is C23H22N2O6S2. The fourth-order valence-electron chi connectivity index (χ4n) is 6.72. The number of ether oxygens (including phenoxy) is 1. The van der Waals surface area contributed by atoms with Gasteiger partial charge in [0.05, 0.1) is 24.0 Å². The van der Waals surface area contributed by atoms with Crippen LogP contribution in [0.2, 0.25) is 0 Å². The van der Waals surface area contributed by atoms with Crippen LogP contribution in [-0.4, -0.2) is 51.2 Å². The molecule has 1 saturated heterocycles. The van der Waals surface area contributed by atoms with E-state index >= 15 is 0 Å². The maximum Gasteiger partial charge on any atom is 0.326 e. The molecule has 1 aromatic heterocycles. The Morgan fingerprint density at radius 2 is 1.82 bits per heavy atom. The minimum Gasteiger partial charge on any atom is -0.497 e. The van der Waals surface area contributed by atoms with Gasteiger partial charge in [-0.05, 0) is 48.8 Å². The molecule has 2 bridgehead atoms. The third-order valence-corrected chi connectivity index (χ3v) is 10.6. The Hall–Kier alpha value is -2.59. The molecule has 4 aliphatic rings. The van der Waals surface area contributed by atoms with Crippen molar-refractivity contribution in [3.05, 3.63) is 44.4 Å². The lowest BCUT2D eigenvalue weighted by Gasteiger charge is -2.43. The van der Waals surface area contributed by atoms with Crippen molar-refractivity contribution in [2.75, 3.05) is 7.11 Å². The van der Waals surface area contributed by atoms with E-state index in [1.54, 1.807) is 18.9 Å². The topological polar surface area (TPSA) is 117 Å². The van der Waals surface area contributed by atoms with Gasteiger partial charge in [-0.25, -0.2) is 4.79 Å². The van der Waals surface area contributed by atoms with Crippen LogP contribution in [0.25, 0.3) is 0 Å². The highest BCUT2D eigenvalue weighted by Crippen LogP contribution is 2.68. The molecule has 10 heteroatoms. The van der Waals surface area contributed by atoms with E-state index in [1.165, 1.54) is 18.3 Å². The second-order valence-electron chi connectivity index (χ2n) is 9.29. The SMILES string of the molecule is COc1ccc([C@H]2c3sc(=O)[nH]c3S[C@@H]3[C@@H]4C[C@@H]([C@@H]5C(=O)N([C@@H](C)C(=O)O)C(=O)[C@@H]45)[C@H]23)cc1. The van der Waals surface area contributed by atoms with E-state index in [0.29, 0.717) is 0 Å². The monoisotopic (exact) mass is 486 g/mol. The molecule has 0 unspecified atom stereocenters. The number of amides is 2. The van der Waals surface area contributed by atoms with Crippen LogP contribution in [0.5, 0.6) is 5.75 Å². The molecule has 3 heterocycles. The second-order valence-corrected chi connectivity index (χ2v) is 11.5. The number of carboxylic acids is 1. The molecule has 2 N–H and O–H groups in total. The number of nitrogens with one attached hydrogen (secondary N) is 1. The van der Waals surface area contributed by atoms with E-state index in [0.717, 1.165) is 32.5 Å². The zero-order valence-corrected chi connectivity index (χ0v) is 19.5. The van der Waals surface area contributed by atoms with Crippen LogP contribution < -0.4 is 9.61 Å². The van der Waals surface area contributed by atoms with Crippen molar-refractivity contribution in [1.29, 1.82) is 0 Å². The van der Waals surface area contributed by atoms with Gasteiger partial charge < -0.3 is 14.8 Å². The number of thiazole rings is 1. The zero-order valence-electron chi connectivity index (χ0n) is 17.9. The summed E-state index contributed by atoms with van der Waals surface area (Å²) in [5.74, 6) is -2.11. The van der Waals surface area contributed by atoms with E-state index in [-0.39, 0.29) is 45.6 Å². The summed E-state index contributed by atoms with van der Waals surface area (Å²) in [4.78, 5) is 55.3. The highest BCUT2D eigenvalue weighted by Gasteiger charge is 2.70. The average molecular weight is 487 g/mol. The molecule has 33 heavy (non-hydrogen) atoms. The molecule has 2 saturated carbocycles. The van der Waals surface area contributed by atoms with E-state index in [4.69, 9.17) is 4.74 Å². The van der Waals surface area contributed by atoms with Crippen molar-refractivity contribution in [3.63, 3.8) is 0 Å². The molecule has 2 aliphatic carbocycles. The summed E-state index contributed by atoms with van der Waals surface area (Å²) in [5, 5.41) is 10.4. The number of carbonyl (C=O) groups is 3. The highest BCUT2D eigenvalue weighted by atomic mass is 32.2. The molecule has 2 aromatic rings. The van der Waals surface area contributed by atoms with Crippen molar-refractivity contribution >= 4 is 40.9 Å². The van der Waals surface area contributed by atoms with Crippen molar-refractivity contribution in [3.8, 4) is 5.75 Å². The van der Waals surface area contributed by atoms with Gasteiger partial charge in [0.1, 0.15) is 11.8 Å². The number of thioether (sulfide) groups is 1. The third-order valence-electron chi connectivity index (χ3n) is 7.98. The normalized spacial score (nSPS) is 34.7. The molecule has 3 fully saturated rings. The number of aliphatic carboxylic acids is 1. The molecule has 2 aliphatic heterocycles. The lowest BCUT2D eigenvalue weighted by molar-refractivity contribution is -0.154. The summed E-state index contributed by atoms with van der Waals surface area (Å²) < 4.78 is 5.31. The first kappa shape index (κ1) is 21.0. The number of carbonyl (C=O) groups excluding carboxylic acids is 2. The Balaban J connectivity index is 1.44. The van der Waals surface area contributed by atoms with Crippen LogP contribution in [0.15, 0.2) is 34.1 Å². The smallest absolute Gasteiger partial charge is 0.326 e. The van der Waals surface area contributed by atoms with E-state index in [9.17, 15) is 24.3 Å². The molecule has 6 rings (SSSR count). The molecular weight excluding hydrogens is 464 g/mol. The van der Waals surface area contributed by atoms with Gasteiger partial charge in [0.15, 0.2) is 0 Å². The number of methoxy groups -OCH3 is 1. The van der Waals surface area contributed by atoms with Gasteiger partial charge in [0, 0.05) is 16.0 Å². The quantitative estimate of drug-likeness (QED) is 0.638. The Morgan fingerprint density at radius 1 is 1.15 bits per heavy atom. The lowest BCUT2D eigenvalue weighted by Crippen LogP contribution is -2.44. The fraction of sp³-hybridized carbons (Fsp3) is 0.478. The van der Waals surface area contributed by atoms with Crippen LogP contribution in [0, 0.1) is 29.6 Å². The summed E-state index contributed by atoms with van der Waals surface area (Å²) in [6.07, 6.45) is 0.774. The predicted octanol–water partition coefficient (Wildman–Crippen LogP) is 2.39. The van der Waals surface area contributed by atoms with Gasteiger partial charge in [-0.15, -0.1) is 11.8 Å². The van der Waals surface area contributed by atoms with E-state index in [1.807, 2.05) is 24.3 Å². The number of carboxylic acid groups (broad SMARTS) is 1. The number of aromatic nitrogens is 1. The van der Waals surface area contributed by atoms with Gasteiger partial charge >= 0.3 is 10.8 Å². The van der Waals surface area contributed by atoms with Crippen LogP contribution in [0.1, 0.15) is 29.7 Å². The fourth-order valence-corrected chi connectivity index (χ4v) is 9.61. The summed E-state index contributed by atoms with van der Waals surface area (Å²) >= 11 is 2.83. The lowest BCUT2D eigenvalue weighted by atomic mass is 9.68. The van der Waals surface area contributed by atoms with Crippen molar-refractivity contribution in [2.24, 2.45) is 29.6 Å². The standard InChI is InChI=1S/C23H22N2O6S2/c1-8(22(28)29)25-20(26)15-11-7-12(16(15)21(25)27)17-14(11)13(9-3-5-10(31-2)6-4-9)18-19(32-17)24-23(30)33-18/h3-6,8,11-17H,7H2,1-2H3,(H,24,30)(H,28,29)/t8-,11+,12+,13+,14+,15-,16-,17+/m0/s1. The predicted molar refractivity (Wildman–Crippen MR) is 120 cm³/mol.